The molecule has 4 aromatic rings. The number of aromatic nitrogens is 7. The maximum atomic E-state index is 13.6. The predicted octanol–water partition coefficient (Wildman–Crippen LogP) is 2.59. The van der Waals surface area contributed by atoms with Crippen LogP contribution in [0.5, 0.6) is 17.4 Å². The highest BCUT2D eigenvalue weighted by molar-refractivity contribution is 7.91. The van der Waals surface area contributed by atoms with Crippen LogP contribution in [0.25, 0.3) is 17.2 Å². The van der Waals surface area contributed by atoms with Gasteiger partial charge in [0, 0.05) is 19.2 Å². The SMILES string of the molecule is COc1cnc([C@@H](C)[C@H](C)S(=O)(=O)Cc2nnc(-c3ccn(C)n3)n2-c2c(OC)cccc2OC)cn1. The van der Waals surface area contributed by atoms with Gasteiger partial charge in [-0.05, 0) is 25.1 Å². The molecular formula is C24H29N7O5S. The van der Waals surface area contributed by atoms with Gasteiger partial charge in [0.2, 0.25) is 5.88 Å². The molecule has 0 unspecified atom stereocenters. The summed E-state index contributed by atoms with van der Waals surface area (Å²) in [5.41, 5.74) is 1.53. The number of ether oxygens (including phenoxy) is 3. The molecule has 13 heteroatoms. The normalized spacial score (nSPS) is 13.2. The van der Waals surface area contributed by atoms with Crippen LogP contribution in [0.4, 0.5) is 0 Å². The minimum atomic E-state index is -3.74. The number of methoxy groups -OCH3 is 3. The molecule has 1 aromatic carbocycles. The van der Waals surface area contributed by atoms with Crippen LogP contribution in [0.1, 0.15) is 31.3 Å². The molecule has 0 amide bonds. The van der Waals surface area contributed by atoms with Crippen LogP contribution in [0, 0.1) is 0 Å². The lowest BCUT2D eigenvalue weighted by Gasteiger charge is -2.21. The minimum Gasteiger partial charge on any atom is -0.494 e. The number of aryl methyl sites for hydroxylation is 1. The van der Waals surface area contributed by atoms with Gasteiger partial charge in [-0.2, -0.15) is 5.10 Å². The molecule has 0 bridgehead atoms. The van der Waals surface area contributed by atoms with E-state index in [9.17, 15) is 8.42 Å². The van der Waals surface area contributed by atoms with Crippen molar-refractivity contribution in [1.29, 1.82) is 0 Å². The highest BCUT2D eigenvalue weighted by atomic mass is 32.2. The summed E-state index contributed by atoms with van der Waals surface area (Å²) in [4.78, 5) is 8.47. The zero-order chi connectivity index (χ0) is 26.7. The van der Waals surface area contributed by atoms with Crippen molar-refractivity contribution in [3.8, 4) is 34.6 Å². The Morgan fingerprint density at radius 2 is 1.65 bits per heavy atom. The van der Waals surface area contributed by atoms with Crippen LogP contribution < -0.4 is 14.2 Å². The number of para-hydroxylation sites is 1. The van der Waals surface area contributed by atoms with Crippen molar-refractivity contribution in [2.45, 2.75) is 30.8 Å². The van der Waals surface area contributed by atoms with Crippen LogP contribution in [-0.2, 0) is 22.6 Å². The van der Waals surface area contributed by atoms with Crippen molar-refractivity contribution in [2.75, 3.05) is 21.3 Å². The highest BCUT2D eigenvalue weighted by Gasteiger charge is 2.32. The van der Waals surface area contributed by atoms with Crippen molar-refractivity contribution < 1.29 is 22.6 Å². The zero-order valence-electron chi connectivity index (χ0n) is 21.5. The van der Waals surface area contributed by atoms with E-state index in [2.05, 4.69) is 25.3 Å². The quantitative estimate of drug-likeness (QED) is 0.303. The maximum Gasteiger partial charge on any atom is 0.231 e. The first-order valence-electron chi connectivity index (χ1n) is 11.4. The smallest absolute Gasteiger partial charge is 0.231 e. The molecule has 2 atom stereocenters. The molecule has 196 valence electrons. The molecule has 3 heterocycles. The van der Waals surface area contributed by atoms with E-state index in [0.29, 0.717) is 40.3 Å². The van der Waals surface area contributed by atoms with Crippen molar-refractivity contribution in [1.82, 2.24) is 34.5 Å². The third-order valence-corrected chi connectivity index (χ3v) is 8.42. The summed E-state index contributed by atoms with van der Waals surface area (Å²) < 4.78 is 46.8. The van der Waals surface area contributed by atoms with E-state index >= 15 is 0 Å². The van der Waals surface area contributed by atoms with Crippen molar-refractivity contribution in [3.05, 3.63) is 54.4 Å². The number of hydrogen-bond acceptors (Lipinski definition) is 10. The second-order valence-electron chi connectivity index (χ2n) is 8.45. The monoisotopic (exact) mass is 527 g/mol. The molecule has 0 aliphatic carbocycles. The Bertz CT molecular complexity index is 1460. The van der Waals surface area contributed by atoms with Gasteiger partial charge in [-0.25, -0.2) is 13.4 Å². The first kappa shape index (κ1) is 26.1. The molecule has 37 heavy (non-hydrogen) atoms. The van der Waals surface area contributed by atoms with Crippen molar-refractivity contribution >= 4 is 9.84 Å². The van der Waals surface area contributed by atoms with Crippen molar-refractivity contribution in [3.63, 3.8) is 0 Å². The van der Waals surface area contributed by atoms with Gasteiger partial charge in [-0.3, -0.25) is 14.2 Å². The van der Waals surface area contributed by atoms with Gasteiger partial charge >= 0.3 is 0 Å². The fraction of sp³-hybridized carbons (Fsp3) is 0.375. The summed E-state index contributed by atoms with van der Waals surface area (Å²) in [7, 11) is 2.59. The third-order valence-electron chi connectivity index (χ3n) is 6.22. The van der Waals surface area contributed by atoms with Crippen LogP contribution >= 0.6 is 0 Å². The molecule has 0 aliphatic rings. The van der Waals surface area contributed by atoms with Crippen molar-refractivity contribution in [2.24, 2.45) is 7.05 Å². The van der Waals surface area contributed by atoms with E-state index in [-0.39, 0.29) is 11.6 Å². The van der Waals surface area contributed by atoms with Gasteiger partial charge in [0.05, 0.1) is 44.7 Å². The van der Waals surface area contributed by atoms with E-state index in [4.69, 9.17) is 14.2 Å². The predicted molar refractivity (Wildman–Crippen MR) is 136 cm³/mol. The largest absolute Gasteiger partial charge is 0.494 e. The fourth-order valence-electron chi connectivity index (χ4n) is 3.93. The number of sulfone groups is 1. The van der Waals surface area contributed by atoms with Crippen LogP contribution in [0.3, 0.4) is 0 Å². The molecule has 0 saturated carbocycles. The van der Waals surface area contributed by atoms with Gasteiger partial charge < -0.3 is 14.2 Å². The number of benzene rings is 1. The lowest BCUT2D eigenvalue weighted by molar-refractivity contribution is 0.390. The van der Waals surface area contributed by atoms with Crippen LogP contribution in [0.15, 0.2) is 42.9 Å². The molecule has 0 radical (unpaired) electrons. The second kappa shape index (κ2) is 10.5. The summed E-state index contributed by atoms with van der Waals surface area (Å²) in [6.45, 7) is 3.45. The van der Waals surface area contributed by atoms with Crippen LogP contribution in [0.2, 0.25) is 0 Å². The van der Waals surface area contributed by atoms with E-state index in [0.717, 1.165) is 0 Å². The maximum absolute atomic E-state index is 13.6. The van der Waals surface area contributed by atoms with Gasteiger partial charge in [0.15, 0.2) is 21.5 Å². The molecule has 0 fully saturated rings. The van der Waals surface area contributed by atoms with Gasteiger partial charge in [0.25, 0.3) is 0 Å². The summed E-state index contributed by atoms with van der Waals surface area (Å²) in [6, 6.07) is 7.06. The third kappa shape index (κ3) is 5.12. The Labute approximate surface area is 215 Å². The zero-order valence-corrected chi connectivity index (χ0v) is 22.3. The molecule has 0 N–H and O–H groups in total. The molecule has 0 saturated heterocycles. The van der Waals surface area contributed by atoms with E-state index in [1.807, 2.05) is 0 Å². The summed E-state index contributed by atoms with van der Waals surface area (Å²) in [5.74, 6) is 1.01. The molecule has 3 aromatic heterocycles. The molecule has 4 rings (SSSR count). The number of hydrogen-bond donors (Lipinski definition) is 0. The average molecular weight is 528 g/mol. The Morgan fingerprint density at radius 1 is 0.946 bits per heavy atom. The van der Waals surface area contributed by atoms with E-state index in [1.165, 1.54) is 33.7 Å². The van der Waals surface area contributed by atoms with Gasteiger partial charge in [-0.15, -0.1) is 10.2 Å². The van der Waals surface area contributed by atoms with E-state index < -0.39 is 21.0 Å². The van der Waals surface area contributed by atoms with Crippen LogP contribution in [-0.4, -0.2) is 69.5 Å². The Morgan fingerprint density at radius 3 is 2.19 bits per heavy atom. The van der Waals surface area contributed by atoms with E-state index in [1.54, 1.807) is 60.6 Å². The lowest BCUT2D eigenvalue weighted by Crippen LogP contribution is -2.27. The highest BCUT2D eigenvalue weighted by Crippen LogP contribution is 2.37. The summed E-state index contributed by atoms with van der Waals surface area (Å²) in [5, 5.41) is 12.2. The first-order valence-corrected chi connectivity index (χ1v) is 13.1. The second-order valence-corrected chi connectivity index (χ2v) is 10.8. The summed E-state index contributed by atoms with van der Waals surface area (Å²) in [6.07, 6.45) is 4.76. The Balaban J connectivity index is 1.79. The average Bonchev–Trinajstić information content (AvgIpc) is 3.52. The molecular weight excluding hydrogens is 498 g/mol. The first-order chi connectivity index (χ1) is 17.7. The fourth-order valence-corrected chi connectivity index (χ4v) is 5.50. The summed E-state index contributed by atoms with van der Waals surface area (Å²) >= 11 is 0. The minimum absolute atomic E-state index is 0.198. The molecule has 0 spiro atoms. The number of rotatable bonds is 10. The Hall–Kier alpha value is -4.00. The number of nitrogens with zero attached hydrogens (tertiary/aromatic N) is 7. The Kier molecular flexibility index (Phi) is 7.43. The molecule has 12 nitrogen and oxygen atoms in total. The van der Waals surface area contributed by atoms with Gasteiger partial charge in [0.1, 0.15) is 28.6 Å². The topological polar surface area (TPSA) is 136 Å². The molecule has 0 aliphatic heterocycles. The standard InChI is InChI=1S/C24H29N7O5S/c1-15(18-12-26-22(36-6)13-25-18)16(2)37(32,33)14-21-27-28-24(17-10-11-30(3)29-17)31(21)23-19(34-4)8-7-9-20(23)35-5/h7-13,15-16H,14H2,1-6H3/t15-,16-/m0/s1. The lowest BCUT2D eigenvalue weighted by atomic mass is 10.1. The van der Waals surface area contributed by atoms with Gasteiger partial charge in [-0.1, -0.05) is 13.0 Å².